The van der Waals surface area contributed by atoms with Crippen molar-refractivity contribution in [1.29, 1.82) is 0 Å². The molecule has 1 aliphatic rings. The molecule has 0 aliphatic carbocycles. The van der Waals surface area contributed by atoms with Crippen molar-refractivity contribution < 1.29 is 14.3 Å². The number of benzene rings is 1. The van der Waals surface area contributed by atoms with Crippen molar-refractivity contribution in [1.82, 2.24) is 9.80 Å². The van der Waals surface area contributed by atoms with E-state index in [2.05, 4.69) is 27.9 Å². The fourth-order valence-electron chi connectivity index (χ4n) is 2.27. The Bertz CT molecular complexity index is 531. The molecule has 1 aliphatic heterocycles. The Morgan fingerprint density at radius 3 is 2.64 bits per heavy atom. The molecule has 2 rings (SSSR count). The van der Waals surface area contributed by atoms with Gasteiger partial charge in [0.15, 0.2) is 0 Å². The molecule has 1 aromatic rings. The number of amides is 2. The van der Waals surface area contributed by atoms with E-state index in [9.17, 15) is 9.59 Å². The maximum Gasteiger partial charge on any atom is 0.409 e. The largest absolute Gasteiger partial charge is 0.450 e. The molecule has 0 aromatic heterocycles. The Hall–Kier alpha value is -1.35. The topological polar surface area (TPSA) is 61.9 Å². The third-order valence-corrected chi connectivity index (χ3v) is 4.04. The number of rotatable bonds is 4. The zero-order valence-electron chi connectivity index (χ0n) is 12.5. The highest BCUT2D eigenvalue weighted by molar-refractivity contribution is 14.1. The summed E-state index contributed by atoms with van der Waals surface area (Å²) >= 11 is 2.21. The van der Waals surface area contributed by atoms with Crippen LogP contribution in [0.2, 0.25) is 0 Å². The average molecular weight is 417 g/mol. The molecular weight excluding hydrogens is 397 g/mol. The van der Waals surface area contributed by atoms with Crippen LogP contribution in [0.1, 0.15) is 6.92 Å². The van der Waals surface area contributed by atoms with Crippen LogP contribution < -0.4 is 5.32 Å². The van der Waals surface area contributed by atoms with Crippen LogP contribution in [0.25, 0.3) is 0 Å². The molecule has 1 N–H and O–H groups in total. The number of ether oxygens (including phenoxy) is 1. The van der Waals surface area contributed by atoms with Crippen LogP contribution in [-0.2, 0) is 9.53 Å². The summed E-state index contributed by atoms with van der Waals surface area (Å²) in [5.41, 5.74) is 0.807. The molecule has 0 spiro atoms. The van der Waals surface area contributed by atoms with E-state index >= 15 is 0 Å². The first-order valence-corrected chi connectivity index (χ1v) is 8.36. The number of hydrogen-bond acceptors (Lipinski definition) is 4. The maximum absolute atomic E-state index is 12.0. The summed E-state index contributed by atoms with van der Waals surface area (Å²) in [6.45, 7) is 5.06. The highest BCUT2D eigenvalue weighted by Gasteiger charge is 2.23. The number of halogens is 1. The molecule has 2 amide bonds. The van der Waals surface area contributed by atoms with Crippen molar-refractivity contribution in [2.75, 3.05) is 44.6 Å². The molecule has 6 nitrogen and oxygen atoms in total. The quantitative estimate of drug-likeness (QED) is 0.762. The van der Waals surface area contributed by atoms with Crippen molar-refractivity contribution in [3.63, 3.8) is 0 Å². The lowest BCUT2D eigenvalue weighted by Crippen LogP contribution is -2.50. The van der Waals surface area contributed by atoms with Gasteiger partial charge >= 0.3 is 6.09 Å². The Kier molecular flexibility index (Phi) is 6.44. The van der Waals surface area contributed by atoms with Gasteiger partial charge in [-0.3, -0.25) is 9.69 Å². The molecule has 7 heteroatoms. The lowest BCUT2D eigenvalue weighted by molar-refractivity contribution is -0.117. The first-order valence-electron chi connectivity index (χ1n) is 7.28. The molecule has 22 heavy (non-hydrogen) atoms. The SMILES string of the molecule is CCOC(=O)N1CCN(CC(=O)Nc2cccc(I)c2)CC1. The summed E-state index contributed by atoms with van der Waals surface area (Å²) in [4.78, 5) is 27.4. The number of nitrogens with one attached hydrogen (secondary N) is 1. The summed E-state index contributed by atoms with van der Waals surface area (Å²) in [6, 6.07) is 7.69. The van der Waals surface area contributed by atoms with Crippen molar-refractivity contribution in [3.05, 3.63) is 27.8 Å². The van der Waals surface area contributed by atoms with Gasteiger partial charge in [0.2, 0.25) is 5.91 Å². The Morgan fingerprint density at radius 1 is 1.27 bits per heavy atom. The van der Waals surface area contributed by atoms with Gasteiger partial charge in [-0.15, -0.1) is 0 Å². The third-order valence-electron chi connectivity index (χ3n) is 3.37. The van der Waals surface area contributed by atoms with E-state index in [-0.39, 0.29) is 12.0 Å². The second-order valence-corrected chi connectivity index (χ2v) is 6.27. The zero-order valence-corrected chi connectivity index (χ0v) is 14.7. The molecule has 0 unspecified atom stereocenters. The van der Waals surface area contributed by atoms with Crippen LogP contribution in [0.15, 0.2) is 24.3 Å². The number of anilines is 1. The van der Waals surface area contributed by atoms with Crippen LogP contribution in [0.3, 0.4) is 0 Å². The molecule has 1 saturated heterocycles. The molecule has 120 valence electrons. The van der Waals surface area contributed by atoms with Crippen molar-refractivity contribution in [2.24, 2.45) is 0 Å². The number of carbonyl (C=O) groups is 2. The van der Waals surface area contributed by atoms with Gasteiger partial charge in [0, 0.05) is 35.4 Å². The van der Waals surface area contributed by atoms with Gasteiger partial charge in [0.25, 0.3) is 0 Å². The summed E-state index contributed by atoms with van der Waals surface area (Å²) in [5, 5.41) is 2.89. The van der Waals surface area contributed by atoms with Crippen molar-refractivity contribution >= 4 is 40.3 Å². The van der Waals surface area contributed by atoms with E-state index in [4.69, 9.17) is 4.74 Å². The maximum atomic E-state index is 12.0. The summed E-state index contributed by atoms with van der Waals surface area (Å²) in [5.74, 6) is -0.0356. The molecule has 0 bridgehead atoms. The van der Waals surface area contributed by atoms with Crippen LogP contribution in [-0.4, -0.2) is 61.1 Å². The van der Waals surface area contributed by atoms with Gasteiger partial charge in [-0.1, -0.05) is 6.07 Å². The van der Waals surface area contributed by atoms with Gasteiger partial charge in [0.05, 0.1) is 13.2 Å². The van der Waals surface area contributed by atoms with Gasteiger partial charge in [-0.05, 0) is 47.7 Å². The van der Waals surface area contributed by atoms with E-state index in [1.165, 1.54) is 0 Å². The summed E-state index contributed by atoms with van der Waals surface area (Å²) in [6.07, 6.45) is -0.273. The predicted molar refractivity (Wildman–Crippen MR) is 92.8 cm³/mol. The molecule has 1 heterocycles. The standard InChI is InChI=1S/C15H20IN3O3/c1-2-22-15(21)19-8-6-18(7-9-19)11-14(20)17-13-5-3-4-12(16)10-13/h3-5,10H,2,6-9,11H2,1H3,(H,17,20). The monoisotopic (exact) mass is 417 g/mol. The van der Waals surface area contributed by atoms with Gasteiger partial charge in [-0.2, -0.15) is 0 Å². The molecule has 1 aromatic carbocycles. The molecular formula is C15H20IN3O3. The summed E-state index contributed by atoms with van der Waals surface area (Å²) in [7, 11) is 0. The van der Waals surface area contributed by atoms with E-state index < -0.39 is 0 Å². The number of carbonyl (C=O) groups excluding carboxylic acids is 2. The highest BCUT2D eigenvalue weighted by atomic mass is 127. The van der Waals surface area contributed by atoms with Gasteiger partial charge < -0.3 is 15.0 Å². The normalized spacial score (nSPS) is 15.5. The molecule has 0 radical (unpaired) electrons. The molecule has 0 saturated carbocycles. The number of nitrogens with zero attached hydrogens (tertiary/aromatic N) is 2. The lowest BCUT2D eigenvalue weighted by Gasteiger charge is -2.33. The lowest BCUT2D eigenvalue weighted by atomic mass is 10.3. The van der Waals surface area contributed by atoms with Crippen molar-refractivity contribution in [3.8, 4) is 0 Å². The van der Waals surface area contributed by atoms with Crippen LogP contribution >= 0.6 is 22.6 Å². The van der Waals surface area contributed by atoms with E-state index in [0.717, 1.165) is 9.26 Å². The predicted octanol–water partition coefficient (Wildman–Crippen LogP) is 2.00. The first-order chi connectivity index (χ1) is 10.6. The average Bonchev–Trinajstić information content (AvgIpc) is 2.48. The summed E-state index contributed by atoms with van der Waals surface area (Å²) < 4.78 is 6.06. The van der Waals surface area contributed by atoms with E-state index in [1.807, 2.05) is 29.2 Å². The fraction of sp³-hybridized carbons (Fsp3) is 0.467. The van der Waals surface area contributed by atoms with E-state index in [1.54, 1.807) is 11.8 Å². The minimum absolute atomic E-state index is 0.0356. The zero-order chi connectivity index (χ0) is 15.9. The second-order valence-electron chi connectivity index (χ2n) is 5.02. The highest BCUT2D eigenvalue weighted by Crippen LogP contribution is 2.12. The smallest absolute Gasteiger partial charge is 0.409 e. The fourth-order valence-corrected chi connectivity index (χ4v) is 2.82. The minimum atomic E-state index is -0.273. The minimum Gasteiger partial charge on any atom is -0.450 e. The Balaban J connectivity index is 1.76. The first kappa shape index (κ1) is 17.0. The second kappa shape index (κ2) is 8.33. The Labute approximate surface area is 143 Å². The van der Waals surface area contributed by atoms with Crippen molar-refractivity contribution in [2.45, 2.75) is 6.92 Å². The van der Waals surface area contributed by atoms with Gasteiger partial charge in [-0.25, -0.2) is 4.79 Å². The molecule has 0 atom stereocenters. The number of piperazine rings is 1. The Morgan fingerprint density at radius 2 is 2.00 bits per heavy atom. The van der Waals surface area contributed by atoms with E-state index in [0.29, 0.717) is 39.3 Å². The number of hydrogen-bond donors (Lipinski definition) is 1. The third kappa shape index (κ3) is 5.13. The van der Waals surface area contributed by atoms with Crippen LogP contribution in [0, 0.1) is 3.57 Å². The van der Waals surface area contributed by atoms with Crippen LogP contribution in [0.5, 0.6) is 0 Å². The molecule has 1 fully saturated rings. The van der Waals surface area contributed by atoms with Crippen LogP contribution in [0.4, 0.5) is 10.5 Å². The van der Waals surface area contributed by atoms with Gasteiger partial charge in [0.1, 0.15) is 0 Å².